The van der Waals surface area contributed by atoms with Gasteiger partial charge in [-0.3, -0.25) is 19.3 Å². The number of benzene rings is 2. The van der Waals surface area contributed by atoms with Crippen LogP contribution in [0.25, 0.3) is 0 Å². The highest BCUT2D eigenvalue weighted by Gasteiger charge is 2.17. The van der Waals surface area contributed by atoms with Gasteiger partial charge in [0.25, 0.3) is 5.91 Å². The average Bonchev–Trinajstić information content (AvgIpc) is 2.78. The summed E-state index contributed by atoms with van der Waals surface area (Å²) in [5.41, 5.74) is 9.68. The van der Waals surface area contributed by atoms with Crippen LogP contribution >= 0.6 is 0 Å². The molecule has 4 N–H and O–H groups in total. The zero-order chi connectivity index (χ0) is 26.4. The standard InChI is InChI=1S/C26H28FN5O4/c1-15-8-19(4-6-21(15)17(3)33)12-32(14-24(34)35)13-20-10-23(31-26(28)30-20)25(36)29-11-18-5-7-22(27)16(2)9-18/h4-10H,11-14H2,1-3H3,(H,29,36)(H,34,35)(H2,28,30,31). The molecule has 36 heavy (non-hydrogen) atoms. The number of rotatable bonds is 10. The fraction of sp³-hybridized carbons (Fsp3) is 0.269. The van der Waals surface area contributed by atoms with Crippen LogP contribution in [0.4, 0.5) is 10.3 Å². The minimum absolute atomic E-state index is 0.0354. The molecule has 0 bridgehead atoms. The first-order valence-corrected chi connectivity index (χ1v) is 11.2. The van der Waals surface area contributed by atoms with Gasteiger partial charge >= 0.3 is 5.97 Å². The van der Waals surface area contributed by atoms with Crippen molar-refractivity contribution in [2.24, 2.45) is 0 Å². The number of aryl methyl sites for hydroxylation is 2. The number of hydrogen-bond donors (Lipinski definition) is 3. The Morgan fingerprint density at radius 2 is 1.69 bits per heavy atom. The molecule has 0 unspecified atom stereocenters. The van der Waals surface area contributed by atoms with Crippen molar-refractivity contribution in [1.82, 2.24) is 20.2 Å². The molecule has 1 aromatic heterocycles. The SMILES string of the molecule is CC(=O)c1ccc(CN(CC(=O)O)Cc2cc(C(=O)NCc3ccc(F)c(C)c3)nc(N)n2)cc1C. The van der Waals surface area contributed by atoms with Crippen LogP contribution < -0.4 is 11.1 Å². The predicted octanol–water partition coefficient (Wildman–Crippen LogP) is 3.03. The fourth-order valence-electron chi connectivity index (χ4n) is 3.87. The summed E-state index contributed by atoms with van der Waals surface area (Å²) in [6, 6.07) is 11.4. The number of ketones is 1. The summed E-state index contributed by atoms with van der Waals surface area (Å²) in [6.07, 6.45) is 0. The van der Waals surface area contributed by atoms with Crippen molar-refractivity contribution in [3.05, 3.63) is 87.5 Å². The minimum Gasteiger partial charge on any atom is -0.480 e. The number of amides is 1. The molecule has 0 atom stereocenters. The summed E-state index contributed by atoms with van der Waals surface area (Å²) < 4.78 is 13.5. The van der Waals surface area contributed by atoms with Crippen LogP contribution in [0.3, 0.4) is 0 Å². The molecule has 3 aromatic rings. The molecule has 0 aliphatic heterocycles. The Labute approximate surface area is 208 Å². The van der Waals surface area contributed by atoms with E-state index in [-0.39, 0.29) is 49.4 Å². The second kappa shape index (κ2) is 11.5. The molecule has 0 aliphatic carbocycles. The molecule has 1 heterocycles. The van der Waals surface area contributed by atoms with Gasteiger partial charge in [0.05, 0.1) is 12.2 Å². The van der Waals surface area contributed by atoms with E-state index in [1.807, 2.05) is 13.0 Å². The highest BCUT2D eigenvalue weighted by molar-refractivity contribution is 5.95. The summed E-state index contributed by atoms with van der Waals surface area (Å²) in [6.45, 7) is 5.23. The number of anilines is 1. The third kappa shape index (κ3) is 7.16. The third-order valence-electron chi connectivity index (χ3n) is 5.53. The van der Waals surface area contributed by atoms with Crippen molar-refractivity contribution in [2.45, 2.75) is 40.4 Å². The number of nitrogen functional groups attached to an aromatic ring is 1. The van der Waals surface area contributed by atoms with Crippen LogP contribution in [-0.4, -0.2) is 44.2 Å². The number of hydrogen-bond acceptors (Lipinski definition) is 7. The number of nitrogens with zero attached hydrogens (tertiary/aromatic N) is 3. The Morgan fingerprint density at radius 1 is 1.00 bits per heavy atom. The van der Waals surface area contributed by atoms with Crippen LogP contribution in [0, 0.1) is 19.7 Å². The molecule has 9 nitrogen and oxygen atoms in total. The number of nitrogens with two attached hydrogens (primary N) is 1. The molecule has 0 spiro atoms. The second-order valence-corrected chi connectivity index (χ2v) is 8.61. The zero-order valence-corrected chi connectivity index (χ0v) is 20.3. The van der Waals surface area contributed by atoms with Crippen molar-refractivity contribution in [3.63, 3.8) is 0 Å². The van der Waals surface area contributed by atoms with E-state index in [2.05, 4.69) is 15.3 Å². The Morgan fingerprint density at radius 3 is 2.33 bits per heavy atom. The van der Waals surface area contributed by atoms with E-state index in [1.54, 1.807) is 36.1 Å². The number of carboxylic acid groups (broad SMARTS) is 1. The summed E-state index contributed by atoms with van der Waals surface area (Å²) in [4.78, 5) is 45.7. The smallest absolute Gasteiger partial charge is 0.317 e. The zero-order valence-electron chi connectivity index (χ0n) is 20.3. The first-order chi connectivity index (χ1) is 17.0. The van der Waals surface area contributed by atoms with Gasteiger partial charge in [0.1, 0.15) is 11.5 Å². The molecule has 0 fully saturated rings. The summed E-state index contributed by atoms with van der Waals surface area (Å²) in [5, 5.41) is 12.1. The largest absolute Gasteiger partial charge is 0.480 e. The Kier molecular flexibility index (Phi) is 8.44. The number of aliphatic carboxylic acids is 1. The lowest BCUT2D eigenvalue weighted by atomic mass is 10.0. The van der Waals surface area contributed by atoms with Gasteiger partial charge in [-0.2, -0.15) is 0 Å². The van der Waals surface area contributed by atoms with Gasteiger partial charge in [-0.05, 0) is 55.2 Å². The molecule has 0 aliphatic rings. The maximum Gasteiger partial charge on any atom is 0.317 e. The van der Waals surface area contributed by atoms with Crippen molar-refractivity contribution >= 4 is 23.6 Å². The molecule has 0 saturated carbocycles. The molecule has 1 amide bonds. The summed E-state index contributed by atoms with van der Waals surface area (Å²) >= 11 is 0. The number of carboxylic acids is 1. The van der Waals surface area contributed by atoms with Crippen LogP contribution in [0.1, 0.15) is 55.7 Å². The van der Waals surface area contributed by atoms with E-state index in [1.165, 1.54) is 19.1 Å². The second-order valence-electron chi connectivity index (χ2n) is 8.61. The van der Waals surface area contributed by atoms with E-state index in [9.17, 15) is 23.9 Å². The Balaban J connectivity index is 1.75. The van der Waals surface area contributed by atoms with E-state index >= 15 is 0 Å². The minimum atomic E-state index is -1.03. The molecule has 188 valence electrons. The van der Waals surface area contributed by atoms with Gasteiger partial charge in [0.15, 0.2) is 5.78 Å². The number of halogens is 1. The third-order valence-corrected chi connectivity index (χ3v) is 5.53. The molecular weight excluding hydrogens is 465 g/mol. The van der Waals surface area contributed by atoms with Gasteiger partial charge in [-0.15, -0.1) is 0 Å². The lowest BCUT2D eigenvalue weighted by Crippen LogP contribution is -2.30. The van der Waals surface area contributed by atoms with Crippen LogP contribution in [-0.2, 0) is 24.4 Å². The topological polar surface area (TPSA) is 139 Å². The van der Waals surface area contributed by atoms with Crippen LogP contribution in [0.5, 0.6) is 0 Å². The van der Waals surface area contributed by atoms with Gasteiger partial charge in [0, 0.05) is 25.2 Å². The van der Waals surface area contributed by atoms with Gasteiger partial charge in [-0.25, -0.2) is 14.4 Å². The van der Waals surface area contributed by atoms with Crippen molar-refractivity contribution in [3.8, 4) is 0 Å². The molecule has 0 radical (unpaired) electrons. The van der Waals surface area contributed by atoms with Crippen LogP contribution in [0.2, 0.25) is 0 Å². The first kappa shape index (κ1) is 26.4. The Bertz CT molecular complexity index is 1310. The van der Waals surface area contributed by atoms with Crippen molar-refractivity contribution in [1.29, 1.82) is 0 Å². The Hall–Kier alpha value is -4.18. The van der Waals surface area contributed by atoms with Crippen molar-refractivity contribution in [2.75, 3.05) is 12.3 Å². The van der Waals surface area contributed by atoms with Gasteiger partial charge in [-0.1, -0.05) is 30.3 Å². The molecular formula is C26H28FN5O4. The fourth-order valence-corrected chi connectivity index (χ4v) is 3.87. The molecule has 0 saturated heterocycles. The maximum absolute atomic E-state index is 13.5. The number of nitrogens with one attached hydrogen (secondary N) is 1. The van der Waals surface area contributed by atoms with Gasteiger partial charge < -0.3 is 16.2 Å². The first-order valence-electron chi connectivity index (χ1n) is 11.2. The molecule has 10 heteroatoms. The van der Waals surface area contributed by atoms with Gasteiger partial charge in [0.2, 0.25) is 5.95 Å². The van der Waals surface area contributed by atoms with Crippen LogP contribution in [0.15, 0.2) is 42.5 Å². The summed E-state index contributed by atoms with van der Waals surface area (Å²) in [5.74, 6) is -2.01. The number of aromatic nitrogens is 2. The maximum atomic E-state index is 13.5. The van der Waals surface area contributed by atoms with E-state index in [4.69, 9.17) is 5.73 Å². The molecule has 2 aromatic carbocycles. The van der Waals surface area contributed by atoms with E-state index in [0.717, 1.165) is 16.7 Å². The monoisotopic (exact) mass is 493 g/mol. The lowest BCUT2D eigenvalue weighted by molar-refractivity contribution is -0.138. The number of carbonyl (C=O) groups excluding carboxylic acids is 2. The molecule has 3 rings (SSSR count). The average molecular weight is 494 g/mol. The highest BCUT2D eigenvalue weighted by Crippen LogP contribution is 2.16. The number of Topliss-reactive ketones (excluding diaryl/α,β-unsaturated/α-hetero) is 1. The normalized spacial score (nSPS) is 10.9. The quantitative estimate of drug-likeness (QED) is 0.366. The lowest BCUT2D eigenvalue weighted by Gasteiger charge is -2.21. The highest BCUT2D eigenvalue weighted by atomic mass is 19.1. The van der Waals surface area contributed by atoms with E-state index < -0.39 is 11.9 Å². The van der Waals surface area contributed by atoms with E-state index in [0.29, 0.717) is 16.8 Å². The number of carbonyl (C=O) groups is 3. The summed E-state index contributed by atoms with van der Waals surface area (Å²) in [7, 11) is 0. The van der Waals surface area contributed by atoms with Crippen molar-refractivity contribution < 1.29 is 23.9 Å². The predicted molar refractivity (Wildman–Crippen MR) is 132 cm³/mol.